The van der Waals surface area contributed by atoms with E-state index < -0.39 is 6.10 Å². The Bertz CT molecular complexity index is 598. The molecule has 5 heteroatoms. The van der Waals surface area contributed by atoms with Crippen LogP contribution in [0, 0.1) is 0 Å². The Morgan fingerprint density at radius 1 is 1.45 bits per heavy atom. The van der Waals surface area contributed by atoms with Crippen LogP contribution in [0.15, 0.2) is 30.5 Å². The highest BCUT2D eigenvalue weighted by Gasteiger charge is 2.23. The molecule has 3 rings (SSSR count). The smallest absolute Gasteiger partial charge is 0.128 e. The van der Waals surface area contributed by atoms with E-state index in [0.29, 0.717) is 19.2 Å². The maximum Gasteiger partial charge on any atom is 0.128 e. The van der Waals surface area contributed by atoms with Crippen molar-refractivity contribution < 1.29 is 14.6 Å². The Morgan fingerprint density at radius 2 is 2.36 bits per heavy atom. The molecule has 2 N–H and O–H groups in total. The second-order valence-corrected chi connectivity index (χ2v) is 5.79. The van der Waals surface area contributed by atoms with Gasteiger partial charge in [-0.15, -0.1) is 0 Å². The fraction of sp³-hybridized carbons (Fsp3) is 0.529. The van der Waals surface area contributed by atoms with E-state index in [-0.39, 0.29) is 0 Å². The minimum absolute atomic E-state index is 0.304. The molecule has 5 nitrogen and oxygen atoms in total. The van der Waals surface area contributed by atoms with Crippen molar-refractivity contribution in [2.24, 2.45) is 0 Å². The maximum absolute atomic E-state index is 10.3. The number of H-pyrrole nitrogens is 1. The second kappa shape index (κ2) is 7.13. The topological polar surface area (TPSA) is 57.7 Å². The van der Waals surface area contributed by atoms with Crippen LogP contribution in [-0.4, -0.2) is 60.0 Å². The highest BCUT2D eigenvalue weighted by atomic mass is 16.5. The van der Waals surface area contributed by atoms with Crippen molar-refractivity contribution in [2.75, 3.05) is 32.9 Å². The maximum atomic E-state index is 10.3. The first kappa shape index (κ1) is 15.3. The van der Waals surface area contributed by atoms with Crippen LogP contribution in [0.5, 0.6) is 5.75 Å². The molecule has 1 saturated heterocycles. The van der Waals surface area contributed by atoms with Crippen molar-refractivity contribution in [3.05, 3.63) is 30.5 Å². The van der Waals surface area contributed by atoms with Crippen LogP contribution in [0.3, 0.4) is 0 Å². The van der Waals surface area contributed by atoms with Gasteiger partial charge in [0.15, 0.2) is 0 Å². The minimum atomic E-state index is -0.499. The molecule has 1 aromatic heterocycles. The number of fused-ring (bicyclic) bond motifs is 1. The molecule has 2 aromatic rings. The van der Waals surface area contributed by atoms with Crippen LogP contribution >= 0.6 is 0 Å². The average Bonchev–Trinajstić information content (AvgIpc) is 3.02. The van der Waals surface area contributed by atoms with Crippen molar-refractivity contribution in [2.45, 2.75) is 25.5 Å². The molecule has 1 aromatic carbocycles. The van der Waals surface area contributed by atoms with E-state index in [1.807, 2.05) is 30.5 Å². The van der Waals surface area contributed by atoms with Gasteiger partial charge < -0.3 is 19.6 Å². The highest BCUT2D eigenvalue weighted by molar-refractivity contribution is 5.85. The monoisotopic (exact) mass is 304 g/mol. The molecule has 22 heavy (non-hydrogen) atoms. The minimum Gasteiger partial charge on any atom is -0.490 e. The second-order valence-electron chi connectivity index (χ2n) is 5.79. The van der Waals surface area contributed by atoms with E-state index in [2.05, 4.69) is 16.8 Å². The average molecular weight is 304 g/mol. The first-order valence-electron chi connectivity index (χ1n) is 7.96. The predicted molar refractivity (Wildman–Crippen MR) is 86.3 cm³/mol. The van der Waals surface area contributed by atoms with Crippen molar-refractivity contribution in [1.29, 1.82) is 0 Å². The van der Waals surface area contributed by atoms with Gasteiger partial charge in [-0.2, -0.15) is 0 Å². The molecule has 0 bridgehead atoms. The van der Waals surface area contributed by atoms with Crippen molar-refractivity contribution in [3.8, 4) is 5.75 Å². The lowest BCUT2D eigenvalue weighted by Gasteiger charge is -2.36. The third kappa shape index (κ3) is 3.43. The van der Waals surface area contributed by atoms with Crippen LogP contribution in [0.4, 0.5) is 0 Å². The Kier molecular flexibility index (Phi) is 4.97. The van der Waals surface area contributed by atoms with Gasteiger partial charge in [-0.05, 0) is 24.6 Å². The number of nitrogens with zero attached hydrogens (tertiary/aromatic N) is 1. The zero-order valence-corrected chi connectivity index (χ0v) is 13.0. The van der Waals surface area contributed by atoms with E-state index in [1.54, 1.807) is 0 Å². The van der Waals surface area contributed by atoms with Gasteiger partial charge in [0.25, 0.3) is 0 Å². The Labute approximate surface area is 130 Å². The first-order valence-corrected chi connectivity index (χ1v) is 7.96. The quantitative estimate of drug-likeness (QED) is 0.857. The van der Waals surface area contributed by atoms with Crippen LogP contribution in [0.25, 0.3) is 10.9 Å². The van der Waals surface area contributed by atoms with Gasteiger partial charge in [0.1, 0.15) is 18.5 Å². The number of nitrogens with one attached hydrogen (secondary N) is 1. The zero-order chi connectivity index (χ0) is 15.4. The number of hydrogen-bond donors (Lipinski definition) is 2. The number of aromatic nitrogens is 1. The number of aliphatic hydroxyl groups is 1. The summed E-state index contributed by atoms with van der Waals surface area (Å²) < 4.78 is 11.3. The molecule has 1 aliphatic rings. The molecule has 0 radical (unpaired) electrons. The first-order chi connectivity index (χ1) is 10.8. The van der Waals surface area contributed by atoms with Gasteiger partial charge in [0, 0.05) is 36.2 Å². The lowest BCUT2D eigenvalue weighted by atomic mass is 10.1. The van der Waals surface area contributed by atoms with Crippen molar-refractivity contribution in [3.63, 3.8) is 0 Å². The standard InChI is InChI=1S/C17H24N2O3/c1-2-13-11-21-9-8-19(13)10-14(20)12-22-17-5-3-4-16-15(17)6-7-18-16/h3-7,13-14,18,20H,2,8-12H2,1H3. The van der Waals surface area contributed by atoms with Crippen LogP contribution < -0.4 is 4.74 Å². The van der Waals surface area contributed by atoms with E-state index in [9.17, 15) is 5.11 Å². The Hall–Kier alpha value is -1.56. The molecule has 0 amide bonds. The number of aliphatic hydroxyl groups excluding tert-OH is 1. The molecule has 2 atom stereocenters. The van der Waals surface area contributed by atoms with Gasteiger partial charge in [0.05, 0.1) is 13.2 Å². The molecule has 0 spiro atoms. The Balaban J connectivity index is 1.55. The number of aromatic amines is 1. The summed E-state index contributed by atoms with van der Waals surface area (Å²) in [6.45, 7) is 5.47. The normalized spacial score (nSPS) is 21.1. The molecule has 1 aliphatic heterocycles. The third-order valence-corrected chi connectivity index (χ3v) is 4.25. The van der Waals surface area contributed by atoms with Gasteiger partial charge in [-0.3, -0.25) is 4.90 Å². The summed E-state index contributed by atoms with van der Waals surface area (Å²) in [4.78, 5) is 5.46. The largest absolute Gasteiger partial charge is 0.490 e. The highest BCUT2D eigenvalue weighted by Crippen LogP contribution is 2.24. The zero-order valence-electron chi connectivity index (χ0n) is 13.0. The molecule has 1 fully saturated rings. The Morgan fingerprint density at radius 3 is 3.23 bits per heavy atom. The van der Waals surface area contributed by atoms with E-state index >= 15 is 0 Å². The number of rotatable bonds is 6. The fourth-order valence-corrected chi connectivity index (χ4v) is 3.00. The van der Waals surface area contributed by atoms with Crippen molar-refractivity contribution >= 4 is 10.9 Å². The third-order valence-electron chi connectivity index (χ3n) is 4.25. The molecule has 0 aliphatic carbocycles. The molecule has 0 saturated carbocycles. The number of morpholine rings is 1. The van der Waals surface area contributed by atoms with E-state index in [0.717, 1.165) is 42.8 Å². The molecule has 2 heterocycles. The molecule has 120 valence electrons. The van der Waals surface area contributed by atoms with Crippen LogP contribution in [-0.2, 0) is 4.74 Å². The van der Waals surface area contributed by atoms with Gasteiger partial charge in [-0.1, -0.05) is 13.0 Å². The van der Waals surface area contributed by atoms with Gasteiger partial charge in [0.2, 0.25) is 0 Å². The SMILES string of the molecule is CCC1COCCN1CC(O)COc1cccc2[nH]ccc12. The van der Waals surface area contributed by atoms with Gasteiger partial charge >= 0.3 is 0 Å². The summed E-state index contributed by atoms with van der Waals surface area (Å²) in [7, 11) is 0. The van der Waals surface area contributed by atoms with Crippen molar-refractivity contribution in [1.82, 2.24) is 9.88 Å². The summed E-state index contributed by atoms with van der Waals surface area (Å²) in [5.41, 5.74) is 1.05. The van der Waals surface area contributed by atoms with Crippen LogP contribution in [0.1, 0.15) is 13.3 Å². The van der Waals surface area contributed by atoms with Gasteiger partial charge in [-0.25, -0.2) is 0 Å². The number of hydrogen-bond acceptors (Lipinski definition) is 4. The van der Waals surface area contributed by atoms with Crippen LogP contribution in [0.2, 0.25) is 0 Å². The molecular formula is C17H24N2O3. The number of ether oxygens (including phenoxy) is 2. The fourth-order valence-electron chi connectivity index (χ4n) is 3.00. The van der Waals surface area contributed by atoms with E-state index in [4.69, 9.17) is 9.47 Å². The summed E-state index contributed by atoms with van der Waals surface area (Å²) in [6.07, 6.45) is 2.44. The predicted octanol–water partition coefficient (Wildman–Crippen LogP) is 2.02. The number of benzene rings is 1. The lowest BCUT2D eigenvalue weighted by Crippen LogP contribution is -2.49. The summed E-state index contributed by atoms with van der Waals surface area (Å²) >= 11 is 0. The summed E-state index contributed by atoms with van der Waals surface area (Å²) in [6, 6.07) is 8.29. The lowest BCUT2D eigenvalue weighted by molar-refractivity contribution is -0.0333. The summed E-state index contributed by atoms with van der Waals surface area (Å²) in [5.74, 6) is 0.812. The number of β-amino-alcohol motifs (C(OH)–C–C–N with tert-alkyl or cyclic N) is 1. The molecular weight excluding hydrogens is 280 g/mol. The van der Waals surface area contributed by atoms with E-state index in [1.165, 1.54) is 0 Å². The molecule has 2 unspecified atom stereocenters. The summed E-state index contributed by atoms with van der Waals surface area (Å²) in [5, 5.41) is 11.3.